The van der Waals surface area contributed by atoms with E-state index in [1.54, 1.807) is 14.2 Å². The Morgan fingerprint density at radius 3 is 1.31 bits per heavy atom. The second-order valence-corrected chi connectivity index (χ2v) is 2.42. The summed E-state index contributed by atoms with van der Waals surface area (Å²) in [5.41, 5.74) is 0. The van der Waals surface area contributed by atoms with Crippen LogP contribution in [0.15, 0.2) is 0 Å². The monoisotopic (exact) mass is 309 g/mol. The van der Waals surface area contributed by atoms with Crippen molar-refractivity contribution in [1.82, 2.24) is 4.90 Å². The maximum atomic E-state index is 4.25. The molecule has 0 aromatic carbocycles. The fourth-order valence-corrected chi connectivity index (χ4v) is 0.875. The Morgan fingerprint density at radius 1 is 1.00 bits per heavy atom. The number of likely N-dealkylation sites (tertiary alicyclic amines) is 1. The van der Waals surface area contributed by atoms with Crippen LogP contribution in [0.2, 0.25) is 0 Å². The highest BCUT2D eigenvalue weighted by Gasteiger charge is 2.03. The SMILES string of the molecule is CC.CN1CCCC1.COC.F.I. The Balaban J connectivity index is -0.0000000517. The third-order valence-corrected chi connectivity index (χ3v) is 1.33. The van der Waals surface area contributed by atoms with Crippen LogP contribution in [0, 0.1) is 0 Å². The van der Waals surface area contributed by atoms with Crippen molar-refractivity contribution in [2.24, 2.45) is 0 Å². The molecule has 1 saturated heterocycles. The van der Waals surface area contributed by atoms with Crippen molar-refractivity contribution in [3.63, 3.8) is 0 Å². The lowest BCUT2D eigenvalue weighted by Crippen LogP contribution is -2.10. The van der Waals surface area contributed by atoms with Crippen LogP contribution in [0.3, 0.4) is 0 Å². The summed E-state index contributed by atoms with van der Waals surface area (Å²) in [6.07, 6.45) is 2.83. The maximum Gasteiger partial charge on any atom is 0.0351 e. The average molecular weight is 309 g/mol. The highest BCUT2D eigenvalue weighted by Crippen LogP contribution is 2.01. The standard InChI is InChI=1S/C5H11N.C2H6O.C2H6.FH.HI/c1-6-4-2-3-5-6;1-3-2;1-2;;/h2-5H2,1H3;1-2H3;1-2H3;2*1H. The molecule has 0 saturated carbocycles. The molecule has 1 aliphatic rings. The molecule has 0 aromatic heterocycles. The number of hydrogen-bond acceptors (Lipinski definition) is 2. The van der Waals surface area contributed by atoms with Gasteiger partial charge in [-0.15, -0.1) is 24.0 Å². The van der Waals surface area contributed by atoms with Crippen LogP contribution in [-0.4, -0.2) is 39.3 Å². The molecule has 0 unspecified atom stereocenters. The minimum Gasteiger partial charge on any atom is -0.388 e. The van der Waals surface area contributed by atoms with Crippen LogP contribution in [0.1, 0.15) is 26.7 Å². The third kappa shape index (κ3) is 24.5. The van der Waals surface area contributed by atoms with Gasteiger partial charge in [-0.2, -0.15) is 0 Å². The predicted molar refractivity (Wildman–Crippen MR) is 68.9 cm³/mol. The summed E-state index contributed by atoms with van der Waals surface area (Å²) in [6, 6.07) is 0. The van der Waals surface area contributed by atoms with Gasteiger partial charge >= 0.3 is 0 Å². The van der Waals surface area contributed by atoms with E-state index in [2.05, 4.69) is 16.7 Å². The number of rotatable bonds is 0. The van der Waals surface area contributed by atoms with Gasteiger partial charge < -0.3 is 9.64 Å². The van der Waals surface area contributed by atoms with Crippen LogP contribution in [0.5, 0.6) is 0 Å². The summed E-state index contributed by atoms with van der Waals surface area (Å²) in [5.74, 6) is 0. The first-order chi connectivity index (χ1) is 5.31. The second kappa shape index (κ2) is 22.9. The fourth-order valence-electron chi connectivity index (χ4n) is 0.875. The maximum absolute atomic E-state index is 4.25. The molecule has 13 heavy (non-hydrogen) atoms. The predicted octanol–water partition coefficient (Wildman–Crippen LogP) is 2.77. The first kappa shape index (κ1) is 23.4. The van der Waals surface area contributed by atoms with Gasteiger partial charge in [0, 0.05) is 14.2 Å². The molecule has 0 spiro atoms. The molecule has 0 N–H and O–H groups in total. The van der Waals surface area contributed by atoms with E-state index in [9.17, 15) is 0 Å². The zero-order valence-corrected chi connectivity index (χ0v) is 11.8. The molecule has 0 aromatic rings. The summed E-state index contributed by atoms with van der Waals surface area (Å²) in [6.45, 7) is 6.64. The van der Waals surface area contributed by atoms with Crippen molar-refractivity contribution < 1.29 is 9.44 Å². The molecular formula is C9H25FINO. The van der Waals surface area contributed by atoms with Gasteiger partial charge in [-0.25, -0.2) is 0 Å². The minimum atomic E-state index is 0. The zero-order valence-electron chi connectivity index (χ0n) is 9.50. The van der Waals surface area contributed by atoms with Crippen molar-refractivity contribution in [2.45, 2.75) is 26.7 Å². The second-order valence-electron chi connectivity index (χ2n) is 2.42. The zero-order chi connectivity index (χ0) is 9.11. The number of halogens is 2. The molecule has 86 valence electrons. The van der Waals surface area contributed by atoms with E-state index >= 15 is 0 Å². The molecule has 0 radical (unpaired) electrons. The molecule has 1 fully saturated rings. The van der Waals surface area contributed by atoms with Crippen molar-refractivity contribution in [1.29, 1.82) is 0 Å². The van der Waals surface area contributed by atoms with Crippen LogP contribution >= 0.6 is 24.0 Å². The highest BCUT2D eigenvalue weighted by atomic mass is 127. The van der Waals surface area contributed by atoms with Crippen molar-refractivity contribution in [3.05, 3.63) is 0 Å². The minimum absolute atomic E-state index is 0. The highest BCUT2D eigenvalue weighted by molar-refractivity contribution is 14.0. The Bertz CT molecular complexity index is 61.6. The van der Waals surface area contributed by atoms with E-state index in [1.165, 1.54) is 25.9 Å². The van der Waals surface area contributed by atoms with E-state index < -0.39 is 0 Å². The molecule has 0 atom stereocenters. The van der Waals surface area contributed by atoms with Gasteiger partial charge in [0.1, 0.15) is 0 Å². The van der Waals surface area contributed by atoms with Gasteiger partial charge in [-0.05, 0) is 33.0 Å². The summed E-state index contributed by atoms with van der Waals surface area (Å²) in [5, 5.41) is 0. The smallest absolute Gasteiger partial charge is 0.0351 e. The number of hydrogen-bond donors (Lipinski definition) is 0. The van der Waals surface area contributed by atoms with Crippen LogP contribution in [0.25, 0.3) is 0 Å². The molecule has 0 aliphatic carbocycles. The molecular weight excluding hydrogens is 284 g/mol. The quantitative estimate of drug-likeness (QED) is 0.638. The van der Waals surface area contributed by atoms with E-state index in [1.807, 2.05) is 13.8 Å². The average Bonchev–Trinajstić information content (AvgIpc) is 2.46. The lowest BCUT2D eigenvalue weighted by atomic mass is 10.4. The summed E-state index contributed by atoms with van der Waals surface area (Å²) < 4.78 is 4.25. The van der Waals surface area contributed by atoms with Crippen molar-refractivity contribution in [3.8, 4) is 0 Å². The normalized spacial score (nSPS) is 13.6. The summed E-state index contributed by atoms with van der Waals surface area (Å²) >= 11 is 0. The van der Waals surface area contributed by atoms with E-state index in [-0.39, 0.29) is 28.7 Å². The molecule has 0 amide bonds. The largest absolute Gasteiger partial charge is 0.388 e. The van der Waals surface area contributed by atoms with Crippen LogP contribution in [-0.2, 0) is 4.74 Å². The van der Waals surface area contributed by atoms with E-state index in [0.29, 0.717) is 0 Å². The molecule has 1 heterocycles. The van der Waals surface area contributed by atoms with Gasteiger partial charge in [0.05, 0.1) is 0 Å². The Morgan fingerprint density at radius 2 is 1.23 bits per heavy atom. The molecule has 1 aliphatic heterocycles. The van der Waals surface area contributed by atoms with Gasteiger partial charge in [-0.3, -0.25) is 4.70 Å². The molecule has 2 nitrogen and oxygen atoms in total. The van der Waals surface area contributed by atoms with E-state index in [0.717, 1.165) is 0 Å². The van der Waals surface area contributed by atoms with Crippen molar-refractivity contribution >= 4 is 24.0 Å². The number of ether oxygens (including phenoxy) is 1. The topological polar surface area (TPSA) is 12.5 Å². The molecule has 1 rings (SSSR count). The number of nitrogens with zero attached hydrogens (tertiary/aromatic N) is 1. The molecule has 0 bridgehead atoms. The lowest BCUT2D eigenvalue weighted by Gasteiger charge is -2.01. The van der Waals surface area contributed by atoms with Gasteiger partial charge in [0.15, 0.2) is 0 Å². The first-order valence-corrected chi connectivity index (χ1v) is 4.40. The molecule has 4 heteroatoms. The van der Waals surface area contributed by atoms with E-state index in [4.69, 9.17) is 0 Å². The Hall–Kier alpha value is 0.580. The van der Waals surface area contributed by atoms with Crippen LogP contribution in [0.4, 0.5) is 4.70 Å². The van der Waals surface area contributed by atoms with Gasteiger partial charge in [-0.1, -0.05) is 13.8 Å². The summed E-state index contributed by atoms with van der Waals surface area (Å²) in [7, 11) is 5.42. The van der Waals surface area contributed by atoms with Crippen molar-refractivity contribution in [2.75, 3.05) is 34.4 Å². The Labute approximate surface area is 99.4 Å². The summed E-state index contributed by atoms with van der Waals surface area (Å²) in [4.78, 5) is 2.36. The van der Waals surface area contributed by atoms with Crippen LogP contribution < -0.4 is 0 Å². The fraction of sp³-hybridized carbons (Fsp3) is 1.00. The lowest BCUT2D eigenvalue weighted by molar-refractivity contribution is 0.277. The number of methoxy groups -OCH3 is 1. The first-order valence-electron chi connectivity index (χ1n) is 4.40. The van der Waals surface area contributed by atoms with Gasteiger partial charge in [0.25, 0.3) is 0 Å². The Kier molecular flexibility index (Phi) is 41.3. The van der Waals surface area contributed by atoms with Gasteiger partial charge in [0.2, 0.25) is 0 Å². The third-order valence-electron chi connectivity index (χ3n) is 1.33.